The maximum absolute atomic E-state index is 12.1. The van der Waals surface area contributed by atoms with Crippen molar-refractivity contribution in [3.05, 3.63) is 23.3 Å². The number of amides is 1. The van der Waals surface area contributed by atoms with Crippen molar-refractivity contribution in [2.24, 2.45) is 0 Å². The maximum Gasteiger partial charge on any atom is 0.315 e. The lowest BCUT2D eigenvalue weighted by Gasteiger charge is -2.12. The van der Waals surface area contributed by atoms with E-state index >= 15 is 0 Å². The highest BCUT2D eigenvalue weighted by Gasteiger charge is 2.19. The lowest BCUT2D eigenvalue weighted by atomic mass is 10.1. The number of carbonyl (C=O) groups is 1. The Kier molecular flexibility index (Phi) is 4.28. The molecule has 0 fully saturated rings. The van der Waals surface area contributed by atoms with Crippen molar-refractivity contribution in [3.8, 4) is 0 Å². The molecule has 0 aromatic heterocycles. The number of alkyl halides is 2. The van der Waals surface area contributed by atoms with Gasteiger partial charge in [0.2, 0.25) is 0 Å². The highest BCUT2D eigenvalue weighted by atomic mass is 35.7. The maximum atomic E-state index is 12.1. The third kappa shape index (κ3) is 3.39. The number of carbonyl (C=O) groups excluding carboxylic acids is 1. The Bertz CT molecular complexity index is 564. The van der Waals surface area contributed by atoms with Crippen molar-refractivity contribution in [2.45, 2.75) is 25.2 Å². The predicted molar refractivity (Wildman–Crippen MR) is 63.6 cm³/mol. The number of aryl methyl sites for hydroxylation is 2. The van der Waals surface area contributed by atoms with Gasteiger partial charge in [0.25, 0.3) is 15.0 Å². The second-order valence-corrected chi connectivity index (χ2v) is 6.23. The fraction of sp³-hybridized carbons (Fsp3) is 0.300. The van der Waals surface area contributed by atoms with Gasteiger partial charge in [-0.15, -0.1) is 0 Å². The highest BCUT2D eigenvalue weighted by Crippen LogP contribution is 2.26. The number of nitrogens with one attached hydrogen (secondary N) is 1. The molecular weight excluding hydrogens is 288 g/mol. The van der Waals surface area contributed by atoms with Crippen molar-refractivity contribution >= 4 is 31.3 Å². The van der Waals surface area contributed by atoms with E-state index in [-0.39, 0.29) is 10.6 Å². The van der Waals surface area contributed by atoms with Crippen LogP contribution in [-0.4, -0.2) is 20.8 Å². The minimum Gasteiger partial charge on any atom is -0.321 e. The van der Waals surface area contributed by atoms with Crippen molar-refractivity contribution in [2.75, 3.05) is 5.32 Å². The van der Waals surface area contributed by atoms with Gasteiger partial charge in [0.15, 0.2) is 0 Å². The molecular formula is C10H10ClF2NO3S. The fourth-order valence-corrected chi connectivity index (χ4v) is 2.34. The molecule has 4 nitrogen and oxygen atoms in total. The zero-order valence-electron chi connectivity index (χ0n) is 9.50. The van der Waals surface area contributed by atoms with Gasteiger partial charge >= 0.3 is 6.43 Å². The Morgan fingerprint density at radius 3 is 2.06 bits per heavy atom. The summed E-state index contributed by atoms with van der Waals surface area (Å²) in [6, 6.07) is 2.41. The molecule has 8 heteroatoms. The Morgan fingerprint density at radius 1 is 1.28 bits per heavy atom. The van der Waals surface area contributed by atoms with Crippen LogP contribution in [0.25, 0.3) is 0 Å². The summed E-state index contributed by atoms with van der Waals surface area (Å²) in [5, 5.41) is 2.03. The molecule has 1 rings (SSSR count). The monoisotopic (exact) mass is 297 g/mol. The van der Waals surface area contributed by atoms with E-state index in [1.165, 1.54) is 26.0 Å². The van der Waals surface area contributed by atoms with Gasteiger partial charge in [-0.05, 0) is 37.1 Å². The summed E-state index contributed by atoms with van der Waals surface area (Å²) in [5.74, 6) is -1.44. The molecule has 0 aliphatic carbocycles. The summed E-state index contributed by atoms with van der Waals surface area (Å²) in [6.45, 7) is 2.97. The van der Waals surface area contributed by atoms with Crippen LogP contribution in [0, 0.1) is 13.8 Å². The second kappa shape index (κ2) is 5.19. The van der Waals surface area contributed by atoms with E-state index in [2.05, 4.69) is 0 Å². The number of hydrogen-bond donors (Lipinski definition) is 1. The van der Waals surface area contributed by atoms with Gasteiger partial charge in [0.1, 0.15) is 0 Å². The van der Waals surface area contributed by atoms with E-state index in [1.807, 2.05) is 5.32 Å². The first-order valence-electron chi connectivity index (χ1n) is 4.78. The first-order chi connectivity index (χ1) is 8.12. The molecule has 1 N–H and O–H groups in total. The van der Waals surface area contributed by atoms with E-state index in [4.69, 9.17) is 10.7 Å². The Morgan fingerprint density at radius 2 is 1.72 bits per heavy atom. The second-order valence-electron chi connectivity index (χ2n) is 3.66. The molecule has 0 heterocycles. The standard InChI is InChI=1S/C10H10ClF2NO3S/c1-5-3-7(18(11,16)17)4-6(2)8(5)14-10(15)9(12)13/h3-4,9H,1-2H3,(H,14,15). The van der Waals surface area contributed by atoms with Crippen LogP contribution in [0.3, 0.4) is 0 Å². The van der Waals surface area contributed by atoms with Crippen LogP contribution in [0.4, 0.5) is 14.5 Å². The highest BCUT2D eigenvalue weighted by molar-refractivity contribution is 8.13. The van der Waals surface area contributed by atoms with E-state index in [0.29, 0.717) is 11.1 Å². The zero-order valence-corrected chi connectivity index (χ0v) is 11.1. The molecule has 1 aromatic rings. The lowest BCUT2D eigenvalue weighted by Crippen LogP contribution is -2.21. The van der Waals surface area contributed by atoms with E-state index < -0.39 is 21.4 Å². The summed E-state index contributed by atoms with van der Waals surface area (Å²) in [5.41, 5.74) is 0.829. The summed E-state index contributed by atoms with van der Waals surface area (Å²) in [4.78, 5) is 10.7. The quantitative estimate of drug-likeness (QED) is 0.872. The summed E-state index contributed by atoms with van der Waals surface area (Å²) >= 11 is 0. The molecule has 0 aliphatic rings. The van der Waals surface area contributed by atoms with Gasteiger partial charge in [-0.3, -0.25) is 4.79 Å². The van der Waals surface area contributed by atoms with Gasteiger partial charge in [-0.2, -0.15) is 8.78 Å². The van der Waals surface area contributed by atoms with E-state index in [0.717, 1.165) is 0 Å². The van der Waals surface area contributed by atoms with Gasteiger partial charge in [0.05, 0.1) is 4.90 Å². The minimum atomic E-state index is -3.90. The van der Waals surface area contributed by atoms with Crippen LogP contribution in [0.2, 0.25) is 0 Å². The number of rotatable bonds is 3. The number of anilines is 1. The Balaban J connectivity index is 3.22. The largest absolute Gasteiger partial charge is 0.321 e. The molecule has 0 spiro atoms. The molecule has 100 valence electrons. The number of benzene rings is 1. The summed E-state index contributed by atoms with van der Waals surface area (Å²) in [7, 11) is 1.28. The van der Waals surface area contributed by atoms with Crippen LogP contribution < -0.4 is 5.32 Å². The minimum absolute atomic E-state index is 0.144. The third-order valence-corrected chi connectivity index (χ3v) is 3.57. The molecule has 1 aromatic carbocycles. The topological polar surface area (TPSA) is 63.2 Å². The van der Waals surface area contributed by atoms with Gasteiger partial charge in [-0.25, -0.2) is 8.42 Å². The number of halogens is 3. The van der Waals surface area contributed by atoms with Crippen molar-refractivity contribution in [1.82, 2.24) is 0 Å². The van der Waals surface area contributed by atoms with Crippen LogP contribution >= 0.6 is 10.7 Å². The zero-order chi connectivity index (χ0) is 14.1. The van der Waals surface area contributed by atoms with Crippen molar-refractivity contribution < 1.29 is 22.0 Å². The Labute approximate surface area is 107 Å². The molecule has 1 amide bonds. The van der Waals surface area contributed by atoms with Crippen LogP contribution in [0.5, 0.6) is 0 Å². The predicted octanol–water partition coefficient (Wildman–Crippen LogP) is 2.43. The smallest absolute Gasteiger partial charge is 0.315 e. The van der Waals surface area contributed by atoms with Crippen molar-refractivity contribution in [1.29, 1.82) is 0 Å². The summed E-state index contributed by atoms with van der Waals surface area (Å²) in [6.07, 6.45) is -3.14. The molecule has 0 radical (unpaired) electrons. The van der Waals surface area contributed by atoms with Gasteiger partial charge < -0.3 is 5.32 Å². The first kappa shape index (κ1) is 14.8. The fourth-order valence-electron chi connectivity index (χ4n) is 1.44. The molecule has 0 aliphatic heterocycles. The average Bonchev–Trinajstić information content (AvgIpc) is 2.21. The first-order valence-corrected chi connectivity index (χ1v) is 7.09. The molecule has 0 atom stereocenters. The molecule has 0 bridgehead atoms. The summed E-state index contributed by atoms with van der Waals surface area (Å²) < 4.78 is 46.5. The third-order valence-electron chi connectivity index (χ3n) is 2.23. The molecule has 0 saturated heterocycles. The average molecular weight is 298 g/mol. The van der Waals surface area contributed by atoms with Gasteiger partial charge in [-0.1, -0.05) is 0 Å². The van der Waals surface area contributed by atoms with Crippen LogP contribution in [0.1, 0.15) is 11.1 Å². The van der Waals surface area contributed by atoms with E-state index in [1.54, 1.807) is 0 Å². The van der Waals surface area contributed by atoms with Crippen LogP contribution in [-0.2, 0) is 13.8 Å². The number of hydrogen-bond acceptors (Lipinski definition) is 3. The lowest BCUT2D eigenvalue weighted by molar-refractivity contribution is -0.126. The van der Waals surface area contributed by atoms with E-state index in [9.17, 15) is 22.0 Å². The molecule has 18 heavy (non-hydrogen) atoms. The Hall–Kier alpha value is -1.21. The molecule has 0 saturated carbocycles. The normalized spacial score (nSPS) is 11.7. The molecule has 0 unspecified atom stereocenters. The van der Waals surface area contributed by atoms with Gasteiger partial charge in [0, 0.05) is 16.4 Å². The van der Waals surface area contributed by atoms with Crippen LogP contribution in [0.15, 0.2) is 17.0 Å². The van der Waals surface area contributed by atoms with Crippen molar-refractivity contribution in [3.63, 3.8) is 0 Å². The SMILES string of the molecule is Cc1cc(S(=O)(=O)Cl)cc(C)c1NC(=O)C(F)F.